The lowest BCUT2D eigenvalue weighted by atomic mass is 10.3. The van der Waals surface area contributed by atoms with Gasteiger partial charge in [-0.15, -0.1) is 0 Å². The summed E-state index contributed by atoms with van der Waals surface area (Å²) in [7, 11) is 0. The number of halogens is 3. The zero-order valence-corrected chi connectivity index (χ0v) is 11.9. The number of nitro benzene ring substituents is 1. The number of hydrogen-bond acceptors (Lipinski definition) is 5. The molecule has 104 valence electrons. The van der Waals surface area contributed by atoms with Gasteiger partial charge in [-0.1, -0.05) is 34.8 Å². The summed E-state index contributed by atoms with van der Waals surface area (Å²) in [5.41, 5.74) is 5.36. The molecule has 1 aromatic carbocycles. The third kappa shape index (κ3) is 3.04. The summed E-state index contributed by atoms with van der Waals surface area (Å²) >= 11 is 17.5. The van der Waals surface area contributed by atoms with E-state index in [0.29, 0.717) is 0 Å². The number of anilines is 1. The quantitative estimate of drug-likeness (QED) is 0.666. The maximum atomic E-state index is 10.7. The van der Waals surface area contributed by atoms with E-state index in [1.165, 1.54) is 18.2 Å². The van der Waals surface area contributed by atoms with Crippen molar-refractivity contribution in [1.29, 1.82) is 0 Å². The van der Waals surface area contributed by atoms with Gasteiger partial charge in [0.1, 0.15) is 10.8 Å². The average Bonchev–Trinajstić information content (AvgIpc) is 2.38. The Morgan fingerprint density at radius 2 is 1.85 bits per heavy atom. The molecule has 0 bridgehead atoms. The Labute approximate surface area is 128 Å². The summed E-state index contributed by atoms with van der Waals surface area (Å²) in [4.78, 5) is 14.0. The van der Waals surface area contributed by atoms with Gasteiger partial charge in [-0.05, 0) is 12.1 Å². The zero-order chi connectivity index (χ0) is 14.9. The number of aromatic nitrogens is 1. The van der Waals surface area contributed by atoms with Gasteiger partial charge < -0.3 is 10.5 Å². The smallest absolute Gasteiger partial charge is 0.273 e. The Hall–Kier alpha value is -1.76. The van der Waals surface area contributed by atoms with Crippen LogP contribution in [-0.2, 0) is 0 Å². The number of nitrogens with two attached hydrogens (primary N) is 1. The molecule has 1 heterocycles. The number of pyridine rings is 1. The molecule has 0 spiro atoms. The maximum absolute atomic E-state index is 10.7. The summed E-state index contributed by atoms with van der Waals surface area (Å²) in [6, 6.07) is 5.10. The third-order valence-electron chi connectivity index (χ3n) is 2.26. The molecule has 20 heavy (non-hydrogen) atoms. The average molecular weight is 335 g/mol. The van der Waals surface area contributed by atoms with Crippen molar-refractivity contribution in [1.82, 2.24) is 4.98 Å². The van der Waals surface area contributed by atoms with Crippen LogP contribution in [0.5, 0.6) is 11.6 Å². The van der Waals surface area contributed by atoms with Gasteiger partial charge in [0.05, 0.1) is 21.0 Å². The van der Waals surface area contributed by atoms with Crippen LogP contribution in [0.4, 0.5) is 11.5 Å². The predicted molar refractivity (Wildman–Crippen MR) is 76.8 cm³/mol. The minimum absolute atomic E-state index is 0.0209. The van der Waals surface area contributed by atoms with Crippen molar-refractivity contribution < 1.29 is 9.66 Å². The predicted octanol–water partition coefficient (Wildman–Crippen LogP) is 4.32. The molecule has 0 aliphatic heterocycles. The monoisotopic (exact) mass is 333 g/mol. The van der Waals surface area contributed by atoms with Gasteiger partial charge in [0.15, 0.2) is 5.75 Å². The van der Waals surface area contributed by atoms with Gasteiger partial charge in [-0.25, -0.2) is 0 Å². The highest BCUT2D eigenvalue weighted by molar-refractivity contribution is 6.36. The largest absolute Gasteiger partial charge is 0.436 e. The van der Waals surface area contributed by atoms with E-state index < -0.39 is 4.92 Å². The van der Waals surface area contributed by atoms with E-state index in [0.717, 1.165) is 6.07 Å². The van der Waals surface area contributed by atoms with Crippen molar-refractivity contribution in [2.45, 2.75) is 0 Å². The van der Waals surface area contributed by atoms with Crippen molar-refractivity contribution >= 4 is 46.3 Å². The lowest BCUT2D eigenvalue weighted by Crippen LogP contribution is -1.97. The molecule has 2 N–H and O–H groups in total. The highest BCUT2D eigenvalue weighted by atomic mass is 35.5. The van der Waals surface area contributed by atoms with Crippen LogP contribution in [-0.4, -0.2) is 9.91 Å². The number of rotatable bonds is 3. The van der Waals surface area contributed by atoms with Crippen LogP contribution in [0, 0.1) is 10.1 Å². The fourth-order valence-corrected chi connectivity index (χ4v) is 1.88. The molecule has 1 aromatic heterocycles. The van der Waals surface area contributed by atoms with Crippen molar-refractivity contribution in [3.05, 3.63) is 49.4 Å². The van der Waals surface area contributed by atoms with E-state index in [2.05, 4.69) is 4.98 Å². The number of benzene rings is 1. The van der Waals surface area contributed by atoms with Gasteiger partial charge >= 0.3 is 0 Å². The molecule has 0 saturated carbocycles. The van der Waals surface area contributed by atoms with Gasteiger partial charge in [0, 0.05) is 6.07 Å². The molecule has 0 radical (unpaired) electrons. The van der Waals surface area contributed by atoms with Gasteiger partial charge in [0.2, 0.25) is 5.88 Å². The number of ether oxygens (including phenoxy) is 1. The first kappa shape index (κ1) is 14.6. The Balaban J connectivity index is 2.42. The Bertz CT molecular complexity index is 694. The fourth-order valence-electron chi connectivity index (χ4n) is 1.32. The van der Waals surface area contributed by atoms with Gasteiger partial charge in [-0.2, -0.15) is 4.98 Å². The van der Waals surface area contributed by atoms with Crippen LogP contribution in [0.3, 0.4) is 0 Å². The summed E-state index contributed by atoms with van der Waals surface area (Å²) in [6.45, 7) is 0. The van der Waals surface area contributed by atoms with Crippen LogP contribution < -0.4 is 10.5 Å². The third-order valence-corrected chi connectivity index (χ3v) is 3.14. The molecule has 2 rings (SSSR count). The van der Waals surface area contributed by atoms with Crippen LogP contribution in [0.15, 0.2) is 24.3 Å². The highest BCUT2D eigenvalue weighted by Crippen LogP contribution is 2.36. The summed E-state index contributed by atoms with van der Waals surface area (Å²) in [5, 5.41) is 11.2. The molecule has 0 amide bonds. The topological polar surface area (TPSA) is 91.3 Å². The molecule has 0 atom stereocenters. The van der Waals surface area contributed by atoms with E-state index in [9.17, 15) is 10.1 Å². The number of nitro groups is 1. The number of hydrogen-bond donors (Lipinski definition) is 1. The first-order chi connectivity index (χ1) is 9.38. The highest BCUT2D eigenvalue weighted by Gasteiger charge is 2.15. The second kappa shape index (κ2) is 5.70. The molecular weight excluding hydrogens is 328 g/mol. The first-order valence-electron chi connectivity index (χ1n) is 5.12. The second-order valence-electron chi connectivity index (χ2n) is 3.62. The maximum Gasteiger partial charge on any atom is 0.273 e. The van der Waals surface area contributed by atoms with Crippen molar-refractivity contribution in [3.63, 3.8) is 0 Å². The molecule has 0 aliphatic rings. The number of non-ortho nitro benzene ring substituents is 1. The lowest BCUT2D eigenvalue weighted by molar-refractivity contribution is -0.384. The minimum Gasteiger partial charge on any atom is -0.436 e. The van der Waals surface area contributed by atoms with E-state index >= 15 is 0 Å². The van der Waals surface area contributed by atoms with Gasteiger partial charge in [-0.3, -0.25) is 10.1 Å². The Morgan fingerprint density at radius 1 is 1.15 bits per heavy atom. The first-order valence-corrected chi connectivity index (χ1v) is 6.25. The molecule has 0 unspecified atom stereocenters. The normalized spacial score (nSPS) is 10.3. The van der Waals surface area contributed by atoms with E-state index in [-0.39, 0.29) is 38.2 Å². The molecule has 0 fully saturated rings. The minimum atomic E-state index is -0.575. The molecule has 0 saturated heterocycles. The zero-order valence-electron chi connectivity index (χ0n) is 9.64. The van der Waals surface area contributed by atoms with Crippen molar-refractivity contribution in [2.24, 2.45) is 0 Å². The number of nitrogens with zero attached hydrogens (tertiary/aromatic N) is 2. The second-order valence-corrected chi connectivity index (χ2v) is 4.84. The molecule has 9 heteroatoms. The van der Waals surface area contributed by atoms with Crippen molar-refractivity contribution in [3.8, 4) is 11.6 Å². The number of nitrogen functional groups attached to an aromatic ring is 1. The molecular formula is C11H6Cl3N3O3. The Morgan fingerprint density at radius 3 is 2.50 bits per heavy atom. The summed E-state index contributed by atoms with van der Waals surface area (Å²) in [6.07, 6.45) is 0. The van der Waals surface area contributed by atoms with E-state index in [1.807, 2.05) is 0 Å². The van der Waals surface area contributed by atoms with E-state index in [1.54, 1.807) is 0 Å². The van der Waals surface area contributed by atoms with Crippen molar-refractivity contribution in [2.75, 3.05) is 5.73 Å². The Kier molecular flexibility index (Phi) is 4.17. The van der Waals surface area contributed by atoms with E-state index in [4.69, 9.17) is 45.3 Å². The van der Waals surface area contributed by atoms with Crippen LogP contribution in [0.25, 0.3) is 0 Å². The fraction of sp³-hybridized carbons (Fsp3) is 0. The van der Waals surface area contributed by atoms with Gasteiger partial charge in [0.25, 0.3) is 5.69 Å². The SMILES string of the molecule is Nc1nc(Oc2cc([N+](=O)[O-])ccc2Cl)c(Cl)cc1Cl. The molecule has 0 aliphatic carbocycles. The van der Waals surface area contributed by atoms with Crippen LogP contribution in [0.1, 0.15) is 0 Å². The molecule has 2 aromatic rings. The lowest BCUT2D eigenvalue weighted by Gasteiger charge is -2.09. The van der Waals surface area contributed by atoms with Crippen LogP contribution in [0.2, 0.25) is 15.1 Å². The standard InChI is InChI=1S/C11H6Cl3N3O3/c12-6-2-1-5(17(18)19)3-9(6)20-11-8(14)4-7(13)10(15)16-11/h1-4H,(H2,15,16). The summed E-state index contributed by atoms with van der Waals surface area (Å²) in [5.74, 6) is 0.0144. The summed E-state index contributed by atoms with van der Waals surface area (Å²) < 4.78 is 5.35. The van der Waals surface area contributed by atoms with Crippen LogP contribution >= 0.6 is 34.8 Å². The molecule has 6 nitrogen and oxygen atoms in total.